The van der Waals surface area contributed by atoms with Gasteiger partial charge in [-0.25, -0.2) is 0 Å². The molecule has 0 aliphatic rings. The van der Waals surface area contributed by atoms with E-state index in [0.717, 1.165) is 5.56 Å². The van der Waals surface area contributed by atoms with E-state index in [-0.39, 0.29) is 17.4 Å². The topological polar surface area (TPSA) is 92.4 Å². The van der Waals surface area contributed by atoms with Gasteiger partial charge < -0.3 is 16.2 Å². The number of hydrogen-bond donors (Lipinski definition) is 3. The maximum Gasteiger partial charge on any atom is 0.321 e. The number of amides is 1. The van der Waals surface area contributed by atoms with Crippen molar-refractivity contribution < 1.29 is 14.7 Å². The van der Waals surface area contributed by atoms with E-state index in [0.29, 0.717) is 10.7 Å². The number of anilines is 1. The van der Waals surface area contributed by atoms with E-state index < -0.39 is 12.0 Å². The van der Waals surface area contributed by atoms with E-state index in [4.69, 9.17) is 22.4 Å². The number of carbonyl (C=O) groups excluding carboxylic acids is 1. The minimum absolute atomic E-state index is 0.145. The third kappa shape index (κ3) is 5.50. The Kier molecular flexibility index (Phi) is 6.14. The lowest BCUT2D eigenvalue weighted by Crippen LogP contribution is -2.33. The van der Waals surface area contributed by atoms with Crippen molar-refractivity contribution in [3.05, 3.63) is 28.8 Å². The van der Waals surface area contributed by atoms with E-state index >= 15 is 0 Å². The summed E-state index contributed by atoms with van der Waals surface area (Å²) >= 11 is 7.11. The van der Waals surface area contributed by atoms with Crippen LogP contribution in [0.2, 0.25) is 5.02 Å². The highest BCUT2D eigenvalue weighted by molar-refractivity contribution is 8.00. The monoisotopic (exact) mass is 302 g/mol. The number of benzene rings is 1. The molecule has 1 rings (SSSR count). The lowest BCUT2D eigenvalue weighted by molar-refractivity contribution is -0.137. The molecule has 0 aliphatic heterocycles. The number of carboxylic acid groups (broad SMARTS) is 1. The Balaban J connectivity index is 2.39. The van der Waals surface area contributed by atoms with Crippen molar-refractivity contribution in [3.8, 4) is 0 Å². The van der Waals surface area contributed by atoms with Gasteiger partial charge in [-0.2, -0.15) is 0 Å². The number of thioether (sulfide) groups is 1. The van der Waals surface area contributed by atoms with E-state index in [1.165, 1.54) is 11.8 Å². The summed E-state index contributed by atoms with van der Waals surface area (Å²) in [5.74, 6) is -0.954. The van der Waals surface area contributed by atoms with Crippen molar-refractivity contribution in [1.29, 1.82) is 0 Å². The van der Waals surface area contributed by atoms with Gasteiger partial charge in [-0.3, -0.25) is 9.59 Å². The number of halogens is 1. The lowest BCUT2D eigenvalue weighted by atomic mass is 10.2. The molecule has 19 heavy (non-hydrogen) atoms. The maximum atomic E-state index is 11.6. The molecule has 0 aromatic heterocycles. The highest BCUT2D eigenvalue weighted by Gasteiger charge is 2.12. The van der Waals surface area contributed by atoms with Gasteiger partial charge in [-0.05, 0) is 24.6 Å². The molecule has 0 saturated carbocycles. The minimum atomic E-state index is -1.07. The molecule has 0 unspecified atom stereocenters. The van der Waals surface area contributed by atoms with Crippen LogP contribution in [0.1, 0.15) is 5.56 Å². The molecule has 1 amide bonds. The molecule has 0 radical (unpaired) electrons. The van der Waals surface area contributed by atoms with Gasteiger partial charge in [0.05, 0.1) is 5.75 Å². The van der Waals surface area contributed by atoms with Gasteiger partial charge in [-0.15, -0.1) is 11.8 Å². The zero-order valence-electron chi connectivity index (χ0n) is 10.4. The molecular weight excluding hydrogens is 288 g/mol. The molecular formula is C12H15ClN2O3S. The fraction of sp³-hybridized carbons (Fsp3) is 0.333. The molecule has 5 nitrogen and oxygen atoms in total. The molecule has 104 valence electrons. The highest BCUT2D eigenvalue weighted by Crippen LogP contribution is 2.20. The van der Waals surface area contributed by atoms with Crippen LogP contribution in [0.25, 0.3) is 0 Å². The molecule has 1 atom stereocenters. The first kappa shape index (κ1) is 15.8. The summed E-state index contributed by atoms with van der Waals surface area (Å²) in [5, 5.41) is 11.8. The Morgan fingerprint density at radius 3 is 2.79 bits per heavy atom. The number of aryl methyl sites for hydroxylation is 1. The quantitative estimate of drug-likeness (QED) is 0.744. The Bertz CT molecular complexity index is 482. The summed E-state index contributed by atoms with van der Waals surface area (Å²) in [6.45, 7) is 1.87. The van der Waals surface area contributed by atoms with Gasteiger partial charge in [0.15, 0.2) is 0 Å². The second-order valence-electron chi connectivity index (χ2n) is 3.97. The van der Waals surface area contributed by atoms with Gasteiger partial charge in [0.25, 0.3) is 0 Å². The third-order valence-electron chi connectivity index (χ3n) is 2.30. The first-order valence-corrected chi connectivity index (χ1v) is 7.05. The Morgan fingerprint density at radius 2 is 2.21 bits per heavy atom. The van der Waals surface area contributed by atoms with Crippen LogP contribution in [-0.2, 0) is 9.59 Å². The van der Waals surface area contributed by atoms with Gasteiger partial charge in [0.2, 0.25) is 5.91 Å². The number of nitrogens with two attached hydrogens (primary N) is 1. The summed E-state index contributed by atoms with van der Waals surface area (Å²) in [5.41, 5.74) is 6.87. The third-order valence-corrected chi connectivity index (χ3v) is 3.77. The highest BCUT2D eigenvalue weighted by atomic mass is 35.5. The van der Waals surface area contributed by atoms with Crippen LogP contribution >= 0.6 is 23.4 Å². The van der Waals surface area contributed by atoms with E-state index in [9.17, 15) is 9.59 Å². The molecule has 4 N–H and O–H groups in total. The molecule has 0 heterocycles. The summed E-state index contributed by atoms with van der Waals surface area (Å²) in [6, 6.07) is 4.28. The van der Waals surface area contributed by atoms with Crippen LogP contribution < -0.4 is 11.1 Å². The molecule has 0 fully saturated rings. The summed E-state index contributed by atoms with van der Waals surface area (Å²) < 4.78 is 0. The minimum Gasteiger partial charge on any atom is -0.480 e. The zero-order valence-corrected chi connectivity index (χ0v) is 11.9. The van der Waals surface area contributed by atoms with Crippen LogP contribution in [-0.4, -0.2) is 34.5 Å². The van der Waals surface area contributed by atoms with Crippen molar-refractivity contribution in [2.45, 2.75) is 13.0 Å². The number of hydrogen-bond acceptors (Lipinski definition) is 4. The lowest BCUT2D eigenvalue weighted by Gasteiger charge is -2.08. The summed E-state index contributed by atoms with van der Waals surface area (Å²) in [4.78, 5) is 22.1. The standard InChI is InChI=1S/C12H15ClN2O3S/c1-7-2-3-8(4-9(7)13)15-11(16)6-19-5-10(14)12(17)18/h2-4,10H,5-6,14H2,1H3,(H,15,16)(H,17,18)/t10-/m1/s1. The van der Waals surface area contributed by atoms with E-state index in [1.807, 2.05) is 13.0 Å². The molecule has 1 aromatic rings. The molecule has 7 heteroatoms. The second kappa shape index (κ2) is 7.37. The van der Waals surface area contributed by atoms with Crippen LogP contribution in [0.3, 0.4) is 0 Å². The van der Waals surface area contributed by atoms with Gasteiger partial charge >= 0.3 is 5.97 Å². The van der Waals surface area contributed by atoms with Crippen LogP contribution in [0.15, 0.2) is 18.2 Å². The largest absolute Gasteiger partial charge is 0.480 e. The number of rotatable bonds is 6. The number of carboxylic acids is 1. The smallest absolute Gasteiger partial charge is 0.321 e. The molecule has 0 saturated heterocycles. The normalized spacial score (nSPS) is 11.9. The molecule has 0 aliphatic carbocycles. The van der Waals surface area contributed by atoms with Crippen molar-refractivity contribution in [2.75, 3.05) is 16.8 Å². The van der Waals surface area contributed by atoms with Crippen LogP contribution in [0.4, 0.5) is 5.69 Å². The Hall–Kier alpha value is -1.24. The predicted octanol–water partition coefficient (Wildman–Crippen LogP) is 1.73. The number of carbonyl (C=O) groups is 2. The average Bonchev–Trinajstić information content (AvgIpc) is 2.33. The molecule has 1 aromatic carbocycles. The van der Waals surface area contributed by atoms with Crippen LogP contribution in [0.5, 0.6) is 0 Å². The molecule has 0 spiro atoms. The van der Waals surface area contributed by atoms with Gasteiger partial charge in [0, 0.05) is 16.5 Å². The van der Waals surface area contributed by atoms with Crippen molar-refractivity contribution in [3.63, 3.8) is 0 Å². The summed E-state index contributed by atoms with van der Waals surface area (Å²) in [6.07, 6.45) is 0. The van der Waals surface area contributed by atoms with Gasteiger partial charge in [-0.1, -0.05) is 17.7 Å². The SMILES string of the molecule is Cc1ccc(NC(=O)CSC[C@@H](N)C(=O)O)cc1Cl. The fourth-order valence-electron chi connectivity index (χ4n) is 1.22. The van der Waals surface area contributed by atoms with Gasteiger partial charge in [0.1, 0.15) is 6.04 Å². The van der Waals surface area contributed by atoms with Crippen LogP contribution in [0, 0.1) is 6.92 Å². The molecule has 0 bridgehead atoms. The first-order chi connectivity index (χ1) is 8.90. The first-order valence-electron chi connectivity index (χ1n) is 5.52. The predicted molar refractivity (Wildman–Crippen MR) is 77.8 cm³/mol. The maximum absolute atomic E-state index is 11.6. The van der Waals surface area contributed by atoms with E-state index in [2.05, 4.69) is 5.32 Å². The average molecular weight is 303 g/mol. The Labute approximate surface area is 120 Å². The van der Waals surface area contributed by atoms with Crippen molar-refractivity contribution >= 4 is 40.9 Å². The number of aliphatic carboxylic acids is 1. The fourth-order valence-corrected chi connectivity index (χ4v) is 2.17. The van der Waals surface area contributed by atoms with E-state index in [1.54, 1.807) is 12.1 Å². The van der Waals surface area contributed by atoms with Crippen molar-refractivity contribution in [2.24, 2.45) is 5.73 Å². The second-order valence-corrected chi connectivity index (χ2v) is 5.41. The number of nitrogens with one attached hydrogen (secondary N) is 1. The Morgan fingerprint density at radius 1 is 1.53 bits per heavy atom. The van der Waals surface area contributed by atoms with Crippen molar-refractivity contribution in [1.82, 2.24) is 0 Å². The summed E-state index contributed by atoms with van der Waals surface area (Å²) in [7, 11) is 0. The zero-order chi connectivity index (χ0) is 14.4.